The highest BCUT2D eigenvalue weighted by atomic mass is 19.1. The summed E-state index contributed by atoms with van der Waals surface area (Å²) in [5.74, 6) is -0.857. The molecule has 100 valence electrons. The number of nitrogens with two attached hydrogens (primary N) is 1. The van der Waals surface area contributed by atoms with E-state index in [0.29, 0.717) is 5.56 Å². The molecule has 2 aromatic rings. The molecule has 0 aliphatic heterocycles. The maximum atomic E-state index is 13.6. The molecule has 0 aliphatic rings. The quantitative estimate of drug-likeness (QED) is 0.893. The van der Waals surface area contributed by atoms with Crippen molar-refractivity contribution in [2.75, 3.05) is 0 Å². The van der Waals surface area contributed by atoms with Crippen LogP contribution in [0.4, 0.5) is 8.78 Å². The molecule has 0 amide bonds. The normalized spacial score (nSPS) is 12.5. The van der Waals surface area contributed by atoms with Gasteiger partial charge in [0.25, 0.3) is 0 Å². The highest BCUT2D eigenvalue weighted by Gasteiger charge is 2.12. The maximum Gasteiger partial charge on any atom is 0.126 e. The van der Waals surface area contributed by atoms with Gasteiger partial charge in [-0.2, -0.15) is 0 Å². The van der Waals surface area contributed by atoms with Gasteiger partial charge >= 0.3 is 0 Å². The molecule has 0 fully saturated rings. The number of hydrogen-bond acceptors (Lipinski definition) is 1. The van der Waals surface area contributed by atoms with E-state index in [9.17, 15) is 8.78 Å². The van der Waals surface area contributed by atoms with Crippen LogP contribution in [0.25, 0.3) is 0 Å². The number of hydrogen-bond donors (Lipinski definition) is 1. The second-order valence-electron chi connectivity index (χ2n) is 4.89. The molecule has 1 atom stereocenters. The van der Waals surface area contributed by atoms with Gasteiger partial charge < -0.3 is 5.73 Å². The van der Waals surface area contributed by atoms with E-state index in [4.69, 9.17) is 5.73 Å². The van der Waals surface area contributed by atoms with Gasteiger partial charge in [0.1, 0.15) is 11.6 Å². The van der Waals surface area contributed by atoms with Crippen LogP contribution < -0.4 is 5.73 Å². The molecular formula is C16H17F2N. The van der Waals surface area contributed by atoms with Crippen LogP contribution >= 0.6 is 0 Å². The van der Waals surface area contributed by atoms with Crippen molar-refractivity contribution in [2.24, 2.45) is 5.73 Å². The summed E-state index contributed by atoms with van der Waals surface area (Å²) in [4.78, 5) is 0. The molecule has 19 heavy (non-hydrogen) atoms. The molecule has 0 aromatic heterocycles. The van der Waals surface area contributed by atoms with Gasteiger partial charge in [-0.1, -0.05) is 18.2 Å². The Hall–Kier alpha value is -1.74. The van der Waals surface area contributed by atoms with Crippen LogP contribution in [0.15, 0.2) is 36.4 Å². The van der Waals surface area contributed by atoms with E-state index < -0.39 is 11.6 Å². The van der Waals surface area contributed by atoms with Crippen LogP contribution in [0.2, 0.25) is 0 Å². The second-order valence-corrected chi connectivity index (χ2v) is 4.89. The Labute approximate surface area is 112 Å². The van der Waals surface area contributed by atoms with Crippen LogP contribution in [-0.2, 0) is 6.42 Å². The van der Waals surface area contributed by atoms with E-state index in [1.54, 1.807) is 0 Å². The Morgan fingerprint density at radius 2 is 1.74 bits per heavy atom. The molecule has 0 bridgehead atoms. The van der Waals surface area contributed by atoms with Gasteiger partial charge in [-0.25, -0.2) is 8.78 Å². The van der Waals surface area contributed by atoms with Crippen molar-refractivity contribution >= 4 is 0 Å². The molecule has 1 unspecified atom stereocenters. The predicted octanol–water partition coefficient (Wildman–Crippen LogP) is 3.82. The predicted molar refractivity (Wildman–Crippen MR) is 72.9 cm³/mol. The summed E-state index contributed by atoms with van der Waals surface area (Å²) in [6.07, 6.45) is 0.284. The minimum atomic E-state index is -0.441. The Morgan fingerprint density at radius 3 is 2.42 bits per heavy atom. The topological polar surface area (TPSA) is 26.0 Å². The first kappa shape index (κ1) is 13.7. The Balaban J connectivity index is 2.22. The summed E-state index contributed by atoms with van der Waals surface area (Å²) in [5, 5.41) is 0. The van der Waals surface area contributed by atoms with E-state index in [-0.39, 0.29) is 12.5 Å². The fourth-order valence-corrected chi connectivity index (χ4v) is 2.05. The van der Waals surface area contributed by atoms with Crippen molar-refractivity contribution < 1.29 is 8.78 Å². The number of halogens is 2. The van der Waals surface area contributed by atoms with Crippen molar-refractivity contribution in [1.29, 1.82) is 0 Å². The molecule has 2 aromatic carbocycles. The summed E-state index contributed by atoms with van der Waals surface area (Å²) in [6, 6.07) is 9.04. The zero-order chi connectivity index (χ0) is 14.0. The molecule has 2 N–H and O–H groups in total. The average Bonchev–Trinajstić information content (AvgIpc) is 2.37. The third kappa shape index (κ3) is 3.18. The molecule has 0 spiro atoms. The largest absolute Gasteiger partial charge is 0.324 e. The van der Waals surface area contributed by atoms with Gasteiger partial charge in [-0.15, -0.1) is 0 Å². The lowest BCUT2D eigenvalue weighted by atomic mass is 9.96. The van der Waals surface area contributed by atoms with Crippen LogP contribution in [0.3, 0.4) is 0 Å². The fraction of sp³-hybridized carbons (Fsp3) is 0.250. The number of benzene rings is 2. The molecule has 0 saturated heterocycles. The lowest BCUT2D eigenvalue weighted by Crippen LogP contribution is -2.14. The lowest BCUT2D eigenvalue weighted by molar-refractivity contribution is 0.572. The zero-order valence-electron chi connectivity index (χ0n) is 11.1. The van der Waals surface area contributed by atoms with Crippen molar-refractivity contribution in [3.63, 3.8) is 0 Å². The standard InChI is InChI=1S/C16H17F2N/c1-10-3-4-12(7-11(10)2)16(19)9-13-8-14(17)5-6-15(13)18/h3-8,16H,9,19H2,1-2H3. The minimum absolute atomic E-state index is 0.284. The lowest BCUT2D eigenvalue weighted by Gasteiger charge is -2.14. The molecule has 1 nitrogen and oxygen atoms in total. The summed E-state index contributed by atoms with van der Waals surface area (Å²) in [6.45, 7) is 4.03. The first-order valence-electron chi connectivity index (χ1n) is 6.24. The van der Waals surface area contributed by atoms with Gasteiger partial charge in [0.05, 0.1) is 0 Å². The number of rotatable bonds is 3. The second kappa shape index (κ2) is 5.49. The Morgan fingerprint density at radius 1 is 1.00 bits per heavy atom. The highest BCUT2D eigenvalue weighted by Crippen LogP contribution is 2.21. The summed E-state index contributed by atoms with van der Waals surface area (Å²) >= 11 is 0. The van der Waals surface area contributed by atoms with Gasteiger partial charge in [0, 0.05) is 6.04 Å². The van der Waals surface area contributed by atoms with Crippen LogP contribution in [-0.4, -0.2) is 0 Å². The van der Waals surface area contributed by atoms with Crippen molar-refractivity contribution in [3.8, 4) is 0 Å². The maximum absolute atomic E-state index is 13.6. The van der Waals surface area contributed by atoms with Crippen molar-refractivity contribution in [2.45, 2.75) is 26.3 Å². The Bertz CT molecular complexity index is 593. The number of aryl methyl sites for hydroxylation is 2. The first-order valence-corrected chi connectivity index (χ1v) is 6.24. The smallest absolute Gasteiger partial charge is 0.126 e. The third-order valence-electron chi connectivity index (χ3n) is 3.41. The molecule has 3 heteroatoms. The Kier molecular flexibility index (Phi) is 3.96. The fourth-order valence-electron chi connectivity index (χ4n) is 2.05. The summed E-state index contributed by atoms with van der Waals surface area (Å²) in [7, 11) is 0. The third-order valence-corrected chi connectivity index (χ3v) is 3.41. The van der Waals surface area contributed by atoms with Gasteiger partial charge in [0.15, 0.2) is 0 Å². The first-order chi connectivity index (χ1) is 8.97. The van der Waals surface area contributed by atoms with Gasteiger partial charge in [0.2, 0.25) is 0 Å². The molecular weight excluding hydrogens is 244 g/mol. The summed E-state index contributed by atoms with van der Waals surface area (Å²) in [5.41, 5.74) is 9.66. The SMILES string of the molecule is Cc1ccc(C(N)Cc2cc(F)ccc2F)cc1C. The molecule has 0 saturated carbocycles. The van der Waals surface area contributed by atoms with Gasteiger partial charge in [-0.05, 0) is 60.7 Å². The monoisotopic (exact) mass is 261 g/mol. The van der Waals surface area contributed by atoms with E-state index in [2.05, 4.69) is 0 Å². The van der Waals surface area contributed by atoms with Crippen LogP contribution in [0.5, 0.6) is 0 Å². The van der Waals surface area contributed by atoms with Crippen molar-refractivity contribution in [1.82, 2.24) is 0 Å². The van der Waals surface area contributed by atoms with Crippen LogP contribution in [0, 0.1) is 25.5 Å². The molecule has 2 rings (SSSR count). The van der Waals surface area contributed by atoms with E-state index in [0.717, 1.165) is 23.3 Å². The van der Waals surface area contributed by atoms with E-state index in [1.165, 1.54) is 11.6 Å². The van der Waals surface area contributed by atoms with Crippen molar-refractivity contribution in [3.05, 3.63) is 70.3 Å². The zero-order valence-corrected chi connectivity index (χ0v) is 11.1. The molecule has 0 heterocycles. The minimum Gasteiger partial charge on any atom is -0.324 e. The van der Waals surface area contributed by atoms with Crippen LogP contribution in [0.1, 0.15) is 28.3 Å². The molecule has 0 aliphatic carbocycles. The average molecular weight is 261 g/mol. The van der Waals surface area contributed by atoms with E-state index >= 15 is 0 Å². The summed E-state index contributed by atoms with van der Waals surface area (Å²) < 4.78 is 26.7. The van der Waals surface area contributed by atoms with E-state index in [1.807, 2.05) is 32.0 Å². The molecule has 0 radical (unpaired) electrons. The highest BCUT2D eigenvalue weighted by molar-refractivity contribution is 5.32. The van der Waals surface area contributed by atoms with Gasteiger partial charge in [-0.3, -0.25) is 0 Å².